The summed E-state index contributed by atoms with van der Waals surface area (Å²) in [5.74, 6) is 0. The first kappa shape index (κ1) is 20.2. The molecule has 0 spiro atoms. The summed E-state index contributed by atoms with van der Waals surface area (Å²) < 4.78 is 8.32. The number of rotatable bonds is 8. The third kappa shape index (κ3) is 8.86. The lowest BCUT2D eigenvalue weighted by molar-refractivity contribution is 0.256. The molecule has 3 nitrogen and oxygen atoms in total. The molecule has 0 heterocycles. The van der Waals surface area contributed by atoms with Crippen molar-refractivity contribution in [1.29, 1.82) is 5.26 Å². The van der Waals surface area contributed by atoms with Gasteiger partial charge in [-0.3, -0.25) is 4.67 Å². The maximum atomic E-state index is 8.53. The van der Waals surface area contributed by atoms with Gasteiger partial charge in [-0.15, -0.1) is 0 Å². The third-order valence-electron chi connectivity index (χ3n) is 2.18. The molecule has 4 heteroatoms. The topological polar surface area (TPSA) is 36.3 Å². The van der Waals surface area contributed by atoms with Crippen LogP contribution < -0.4 is 0 Å². The Morgan fingerprint density at radius 1 is 1.17 bits per heavy atom. The van der Waals surface area contributed by atoms with Crippen LogP contribution in [0.5, 0.6) is 0 Å². The summed E-state index contributed by atoms with van der Waals surface area (Å²) in [6, 6.07) is 3.13. The quantitative estimate of drug-likeness (QED) is 0.472. The molecule has 0 saturated heterocycles. The van der Waals surface area contributed by atoms with Gasteiger partial charge >= 0.3 is 0 Å². The fourth-order valence-corrected chi connectivity index (χ4v) is 3.95. The van der Waals surface area contributed by atoms with Gasteiger partial charge in [-0.25, -0.2) is 0 Å². The molecule has 1 unspecified atom stereocenters. The largest absolute Gasteiger partial charge is 0.342 e. The molecule has 18 heavy (non-hydrogen) atoms. The molecule has 0 saturated carbocycles. The first-order chi connectivity index (χ1) is 8.54. The summed E-state index contributed by atoms with van der Waals surface area (Å²) in [6.07, 6.45) is 2.72. The monoisotopic (exact) mass is 274 g/mol. The van der Waals surface area contributed by atoms with E-state index in [1.54, 1.807) is 0 Å². The minimum absolute atomic E-state index is 0.493. The molecule has 0 N–H and O–H groups in total. The molecule has 0 aliphatic heterocycles. The fourth-order valence-electron chi connectivity index (χ4n) is 1.75. The van der Waals surface area contributed by atoms with Gasteiger partial charge in [0.25, 0.3) is 0 Å². The Hall–Kier alpha value is -0.160. The van der Waals surface area contributed by atoms with Crippen LogP contribution in [-0.2, 0) is 4.52 Å². The van der Waals surface area contributed by atoms with E-state index in [2.05, 4.69) is 45.4 Å². The van der Waals surface area contributed by atoms with Crippen molar-refractivity contribution >= 4 is 8.30 Å². The normalized spacial score (nSPS) is 12.3. The maximum absolute atomic E-state index is 8.53. The summed E-state index contributed by atoms with van der Waals surface area (Å²) in [6.45, 7) is 15.6. The highest BCUT2D eigenvalue weighted by molar-refractivity contribution is 7.50. The zero-order valence-electron chi connectivity index (χ0n) is 13.2. The Morgan fingerprint density at radius 3 is 2.00 bits per heavy atom. The second-order valence-electron chi connectivity index (χ2n) is 4.38. The van der Waals surface area contributed by atoms with Gasteiger partial charge in [0.1, 0.15) is 8.30 Å². The molecule has 0 rings (SSSR count). The van der Waals surface area contributed by atoms with Gasteiger partial charge in [0, 0.05) is 18.2 Å². The second-order valence-corrected chi connectivity index (χ2v) is 6.26. The van der Waals surface area contributed by atoms with Crippen molar-refractivity contribution in [3.8, 4) is 6.07 Å². The van der Waals surface area contributed by atoms with Crippen molar-refractivity contribution < 1.29 is 4.52 Å². The van der Waals surface area contributed by atoms with Crippen molar-refractivity contribution in [3.05, 3.63) is 0 Å². The van der Waals surface area contributed by atoms with Crippen LogP contribution in [0.15, 0.2) is 0 Å². The molecule has 0 radical (unpaired) electrons. The highest BCUT2D eigenvalue weighted by Gasteiger charge is 2.24. The molecule has 0 aromatic rings. The number of hydrogen-bond acceptors (Lipinski definition) is 3. The molecule has 0 aromatic carbocycles. The van der Waals surface area contributed by atoms with Crippen LogP contribution in [0, 0.1) is 11.3 Å². The highest BCUT2D eigenvalue weighted by Crippen LogP contribution is 2.45. The average molecular weight is 274 g/mol. The lowest BCUT2D eigenvalue weighted by atomic mass is 10.3. The Kier molecular flexibility index (Phi) is 14.9. The number of nitrogens with zero attached hydrogens (tertiary/aromatic N) is 2. The van der Waals surface area contributed by atoms with Crippen molar-refractivity contribution in [3.63, 3.8) is 0 Å². The third-order valence-corrected chi connectivity index (χ3v) is 4.93. The molecule has 0 aromatic heterocycles. The van der Waals surface area contributed by atoms with Crippen LogP contribution in [0.2, 0.25) is 0 Å². The Morgan fingerprint density at radius 2 is 1.67 bits per heavy atom. The summed E-state index contributed by atoms with van der Waals surface area (Å²) in [5, 5.41) is 8.53. The van der Waals surface area contributed by atoms with Gasteiger partial charge in [-0.05, 0) is 34.1 Å². The van der Waals surface area contributed by atoms with Crippen LogP contribution in [0.3, 0.4) is 0 Å². The molecular formula is C14H31N2OP. The van der Waals surface area contributed by atoms with Crippen LogP contribution in [0.4, 0.5) is 0 Å². The highest BCUT2D eigenvalue weighted by atomic mass is 31.2. The Bertz CT molecular complexity index is 206. The SMILES string of the molecule is CC.CCCP(OCCC#N)N(C(C)C)C(C)C. The smallest absolute Gasteiger partial charge is 0.104 e. The summed E-state index contributed by atoms with van der Waals surface area (Å²) in [7, 11) is -0.532. The number of hydrogen-bond donors (Lipinski definition) is 0. The van der Waals surface area contributed by atoms with Crippen molar-refractivity contribution in [1.82, 2.24) is 4.67 Å². The van der Waals surface area contributed by atoms with E-state index in [1.807, 2.05) is 13.8 Å². The molecule has 0 aliphatic rings. The van der Waals surface area contributed by atoms with Crippen molar-refractivity contribution in [2.75, 3.05) is 12.8 Å². The van der Waals surface area contributed by atoms with E-state index in [-0.39, 0.29) is 0 Å². The van der Waals surface area contributed by atoms with Gasteiger partial charge in [0.05, 0.1) is 19.1 Å². The molecular weight excluding hydrogens is 243 g/mol. The molecule has 0 amide bonds. The molecule has 0 aliphatic carbocycles. The van der Waals surface area contributed by atoms with E-state index < -0.39 is 8.30 Å². The second kappa shape index (κ2) is 13.3. The van der Waals surface area contributed by atoms with E-state index in [0.717, 1.165) is 12.6 Å². The van der Waals surface area contributed by atoms with Gasteiger partial charge < -0.3 is 4.52 Å². The molecule has 0 bridgehead atoms. The van der Waals surface area contributed by atoms with Crippen LogP contribution in [0.25, 0.3) is 0 Å². The van der Waals surface area contributed by atoms with E-state index >= 15 is 0 Å². The van der Waals surface area contributed by atoms with Gasteiger partial charge in [-0.1, -0.05) is 20.8 Å². The van der Waals surface area contributed by atoms with Crippen molar-refractivity contribution in [2.24, 2.45) is 0 Å². The Balaban J connectivity index is 0. The minimum Gasteiger partial charge on any atom is -0.342 e. The lowest BCUT2D eigenvalue weighted by Gasteiger charge is -2.37. The maximum Gasteiger partial charge on any atom is 0.104 e. The van der Waals surface area contributed by atoms with E-state index in [9.17, 15) is 0 Å². The lowest BCUT2D eigenvalue weighted by Crippen LogP contribution is -2.33. The zero-order chi connectivity index (χ0) is 14.6. The number of nitriles is 1. The first-order valence-electron chi connectivity index (χ1n) is 7.10. The van der Waals surface area contributed by atoms with Gasteiger partial charge in [0.15, 0.2) is 0 Å². The standard InChI is InChI=1S/C12H25N2OP.C2H6/c1-6-10-16(15-9-7-8-13)14(11(2)3)12(4)5;1-2/h11-12H,6-7,9-10H2,1-5H3;1-2H3. The van der Waals surface area contributed by atoms with E-state index in [1.165, 1.54) is 0 Å². The average Bonchev–Trinajstić information content (AvgIpc) is 2.31. The Labute approximate surface area is 115 Å². The minimum atomic E-state index is -0.532. The van der Waals surface area contributed by atoms with Crippen LogP contribution >= 0.6 is 8.30 Å². The molecule has 0 fully saturated rings. The fraction of sp³-hybridized carbons (Fsp3) is 0.929. The van der Waals surface area contributed by atoms with Crippen LogP contribution in [-0.4, -0.2) is 29.5 Å². The summed E-state index contributed by atoms with van der Waals surface area (Å²) in [5.41, 5.74) is 0. The predicted molar refractivity (Wildman–Crippen MR) is 81.7 cm³/mol. The van der Waals surface area contributed by atoms with E-state index in [4.69, 9.17) is 9.79 Å². The van der Waals surface area contributed by atoms with Gasteiger partial charge in [0.2, 0.25) is 0 Å². The molecule has 108 valence electrons. The summed E-state index contributed by atoms with van der Waals surface area (Å²) >= 11 is 0. The van der Waals surface area contributed by atoms with E-state index in [0.29, 0.717) is 25.1 Å². The summed E-state index contributed by atoms with van der Waals surface area (Å²) in [4.78, 5) is 0. The van der Waals surface area contributed by atoms with Gasteiger partial charge in [-0.2, -0.15) is 5.26 Å². The first-order valence-corrected chi connectivity index (χ1v) is 8.50. The van der Waals surface area contributed by atoms with Crippen molar-refractivity contribution in [2.45, 2.75) is 73.4 Å². The molecule has 1 atom stereocenters. The predicted octanol–water partition coefficient (Wildman–Crippen LogP) is 4.78. The zero-order valence-corrected chi connectivity index (χ0v) is 14.1. The van der Waals surface area contributed by atoms with Crippen LogP contribution in [0.1, 0.15) is 61.3 Å².